The summed E-state index contributed by atoms with van der Waals surface area (Å²) >= 11 is 0. The molecule has 102 valence electrons. The summed E-state index contributed by atoms with van der Waals surface area (Å²) in [4.78, 5) is 0. The minimum absolute atomic E-state index is 0.315. The van der Waals surface area contributed by atoms with Crippen molar-refractivity contribution in [2.45, 2.75) is 25.9 Å². The predicted molar refractivity (Wildman–Crippen MR) is 67.0 cm³/mol. The van der Waals surface area contributed by atoms with Crippen LogP contribution in [0.3, 0.4) is 0 Å². The van der Waals surface area contributed by atoms with Crippen LogP contribution in [0, 0.1) is 0 Å². The van der Waals surface area contributed by atoms with Crippen LogP contribution in [0.4, 0.5) is 19.0 Å². The Balaban J connectivity index is 2.42. The maximum atomic E-state index is 12.6. The van der Waals surface area contributed by atoms with Crippen LogP contribution in [-0.2, 0) is 12.6 Å². The number of aromatic nitrogens is 2. The molecule has 6 heteroatoms. The van der Waals surface area contributed by atoms with Gasteiger partial charge >= 0.3 is 6.18 Å². The number of benzene rings is 1. The van der Waals surface area contributed by atoms with Gasteiger partial charge in [0.2, 0.25) is 0 Å². The normalized spacial score (nSPS) is 11.8. The van der Waals surface area contributed by atoms with Gasteiger partial charge in [-0.25, -0.2) is 4.68 Å². The second kappa shape index (κ2) is 4.95. The largest absolute Gasteiger partial charge is 0.416 e. The van der Waals surface area contributed by atoms with Crippen molar-refractivity contribution in [3.8, 4) is 5.69 Å². The topological polar surface area (TPSA) is 43.8 Å². The maximum absolute atomic E-state index is 12.6. The van der Waals surface area contributed by atoms with Crippen LogP contribution >= 0.6 is 0 Å². The number of halogens is 3. The second-order valence-electron chi connectivity index (χ2n) is 4.27. The van der Waals surface area contributed by atoms with Gasteiger partial charge in [-0.2, -0.15) is 18.3 Å². The van der Waals surface area contributed by atoms with E-state index in [4.69, 9.17) is 5.73 Å². The lowest BCUT2D eigenvalue weighted by molar-refractivity contribution is -0.137. The summed E-state index contributed by atoms with van der Waals surface area (Å²) in [6.07, 6.45) is -2.72. The third-order valence-corrected chi connectivity index (χ3v) is 2.71. The zero-order valence-electron chi connectivity index (χ0n) is 10.4. The van der Waals surface area contributed by atoms with Gasteiger partial charge < -0.3 is 5.73 Å². The van der Waals surface area contributed by atoms with Crippen LogP contribution in [0.25, 0.3) is 5.69 Å². The van der Waals surface area contributed by atoms with Crippen LogP contribution in [0.1, 0.15) is 24.6 Å². The summed E-state index contributed by atoms with van der Waals surface area (Å²) in [6, 6.07) is 6.64. The molecule has 0 bridgehead atoms. The van der Waals surface area contributed by atoms with E-state index in [1.807, 2.05) is 6.92 Å². The highest BCUT2D eigenvalue weighted by Crippen LogP contribution is 2.30. The molecule has 3 nitrogen and oxygen atoms in total. The fourth-order valence-electron chi connectivity index (χ4n) is 1.85. The summed E-state index contributed by atoms with van der Waals surface area (Å²) in [7, 11) is 0. The van der Waals surface area contributed by atoms with Crippen molar-refractivity contribution in [2.24, 2.45) is 0 Å². The van der Waals surface area contributed by atoms with Gasteiger partial charge in [0.15, 0.2) is 0 Å². The highest BCUT2D eigenvalue weighted by Gasteiger charge is 2.30. The number of aryl methyl sites for hydroxylation is 1. The fraction of sp³-hybridized carbons (Fsp3) is 0.308. The van der Waals surface area contributed by atoms with Crippen molar-refractivity contribution in [3.05, 3.63) is 41.6 Å². The van der Waals surface area contributed by atoms with E-state index in [1.165, 1.54) is 10.7 Å². The lowest BCUT2D eigenvalue weighted by Crippen LogP contribution is -2.07. The molecule has 0 aliphatic rings. The molecule has 0 saturated heterocycles. The van der Waals surface area contributed by atoms with Gasteiger partial charge in [0, 0.05) is 6.07 Å². The van der Waals surface area contributed by atoms with Gasteiger partial charge in [0.1, 0.15) is 5.82 Å². The minimum Gasteiger partial charge on any atom is -0.384 e. The van der Waals surface area contributed by atoms with E-state index in [9.17, 15) is 13.2 Å². The number of rotatable bonds is 3. The molecule has 0 aliphatic heterocycles. The van der Waals surface area contributed by atoms with Gasteiger partial charge in [-0.05, 0) is 24.6 Å². The maximum Gasteiger partial charge on any atom is 0.416 e. The molecular formula is C13H14F3N3. The van der Waals surface area contributed by atoms with Crippen molar-refractivity contribution in [2.75, 3.05) is 5.73 Å². The lowest BCUT2D eigenvalue weighted by atomic mass is 10.2. The summed E-state index contributed by atoms with van der Waals surface area (Å²) in [5, 5.41) is 4.22. The summed E-state index contributed by atoms with van der Waals surface area (Å²) < 4.78 is 39.3. The Morgan fingerprint density at radius 2 is 2.00 bits per heavy atom. The Hall–Kier alpha value is -1.98. The molecule has 1 heterocycles. The van der Waals surface area contributed by atoms with Gasteiger partial charge in [-0.15, -0.1) is 0 Å². The standard InChI is InChI=1S/C13H14F3N3/c1-2-4-10-8-12(17)19(18-10)11-6-3-5-9(7-11)13(14,15)16/h3,5-8H,2,4,17H2,1H3. The Morgan fingerprint density at radius 1 is 1.26 bits per heavy atom. The third kappa shape index (κ3) is 2.89. The first-order valence-electron chi connectivity index (χ1n) is 5.94. The number of anilines is 1. The Kier molecular flexibility index (Phi) is 3.50. The van der Waals surface area contributed by atoms with Gasteiger partial charge in [0.25, 0.3) is 0 Å². The second-order valence-corrected chi connectivity index (χ2v) is 4.27. The van der Waals surface area contributed by atoms with Crippen molar-refractivity contribution >= 4 is 5.82 Å². The average Bonchev–Trinajstić information content (AvgIpc) is 2.70. The van der Waals surface area contributed by atoms with E-state index in [1.54, 1.807) is 12.1 Å². The molecule has 19 heavy (non-hydrogen) atoms. The molecule has 2 N–H and O–H groups in total. The van der Waals surface area contributed by atoms with Crippen molar-refractivity contribution in [3.63, 3.8) is 0 Å². The van der Waals surface area contributed by atoms with Gasteiger partial charge in [0.05, 0.1) is 16.9 Å². The van der Waals surface area contributed by atoms with E-state index < -0.39 is 11.7 Å². The molecule has 0 radical (unpaired) electrons. The number of nitrogens with two attached hydrogens (primary N) is 1. The van der Waals surface area contributed by atoms with Crippen LogP contribution in [0.2, 0.25) is 0 Å². The fourth-order valence-corrected chi connectivity index (χ4v) is 1.85. The highest BCUT2D eigenvalue weighted by molar-refractivity contribution is 5.45. The molecule has 1 aromatic carbocycles. The first-order valence-corrected chi connectivity index (χ1v) is 5.94. The molecule has 1 aromatic heterocycles. The van der Waals surface area contributed by atoms with Crippen LogP contribution < -0.4 is 5.73 Å². The van der Waals surface area contributed by atoms with Gasteiger partial charge in [-0.1, -0.05) is 19.4 Å². The smallest absolute Gasteiger partial charge is 0.384 e. The summed E-state index contributed by atoms with van der Waals surface area (Å²) in [5.41, 5.74) is 6.16. The van der Waals surface area contributed by atoms with E-state index in [0.29, 0.717) is 11.5 Å². The summed E-state index contributed by atoms with van der Waals surface area (Å²) in [6.45, 7) is 2.00. The van der Waals surface area contributed by atoms with Crippen LogP contribution in [0.15, 0.2) is 30.3 Å². The van der Waals surface area contributed by atoms with E-state index in [0.717, 1.165) is 30.7 Å². The monoisotopic (exact) mass is 269 g/mol. The van der Waals surface area contributed by atoms with Crippen molar-refractivity contribution in [1.82, 2.24) is 9.78 Å². The lowest BCUT2D eigenvalue weighted by Gasteiger charge is -2.09. The Labute approximate surface area is 108 Å². The quantitative estimate of drug-likeness (QED) is 0.927. The average molecular weight is 269 g/mol. The van der Waals surface area contributed by atoms with Crippen molar-refractivity contribution in [1.29, 1.82) is 0 Å². The molecular weight excluding hydrogens is 255 g/mol. The van der Waals surface area contributed by atoms with Gasteiger partial charge in [-0.3, -0.25) is 0 Å². The minimum atomic E-state index is -4.37. The number of hydrogen-bond donors (Lipinski definition) is 1. The molecule has 2 rings (SSSR count). The molecule has 0 amide bonds. The zero-order valence-corrected chi connectivity index (χ0v) is 10.4. The predicted octanol–water partition coefficient (Wildman–Crippen LogP) is 3.43. The molecule has 0 spiro atoms. The first kappa shape index (κ1) is 13.5. The zero-order chi connectivity index (χ0) is 14.0. The molecule has 2 aromatic rings. The number of nitrogen functional groups attached to an aromatic ring is 1. The van der Waals surface area contributed by atoms with E-state index in [2.05, 4.69) is 5.10 Å². The first-order chi connectivity index (χ1) is 8.91. The molecule has 0 saturated carbocycles. The molecule has 0 fully saturated rings. The van der Waals surface area contributed by atoms with Crippen LogP contribution in [0.5, 0.6) is 0 Å². The SMILES string of the molecule is CCCc1cc(N)n(-c2cccc(C(F)(F)F)c2)n1. The summed E-state index contributed by atoms with van der Waals surface area (Å²) in [5.74, 6) is 0.336. The molecule has 0 atom stereocenters. The number of alkyl halides is 3. The van der Waals surface area contributed by atoms with E-state index >= 15 is 0 Å². The Bertz CT molecular complexity index is 573. The highest BCUT2D eigenvalue weighted by atomic mass is 19.4. The third-order valence-electron chi connectivity index (χ3n) is 2.71. The number of nitrogens with zero attached hydrogens (tertiary/aromatic N) is 2. The number of hydrogen-bond acceptors (Lipinski definition) is 2. The van der Waals surface area contributed by atoms with Crippen molar-refractivity contribution < 1.29 is 13.2 Å². The molecule has 0 aliphatic carbocycles. The molecule has 0 unspecified atom stereocenters. The van der Waals surface area contributed by atoms with E-state index in [-0.39, 0.29) is 0 Å². The Morgan fingerprint density at radius 3 is 2.63 bits per heavy atom. The van der Waals surface area contributed by atoms with Crippen LogP contribution in [-0.4, -0.2) is 9.78 Å².